The molecule has 8 nitrogen and oxygen atoms in total. The zero-order chi connectivity index (χ0) is 25.6. The molecular weight excluding hydrogens is 492 g/mol. The van der Waals surface area contributed by atoms with Gasteiger partial charge in [0.05, 0.1) is 22.9 Å². The maximum absolute atomic E-state index is 11.3. The lowest BCUT2D eigenvalue weighted by Gasteiger charge is -2.15. The van der Waals surface area contributed by atoms with Crippen LogP contribution in [-0.4, -0.2) is 54.1 Å². The minimum absolute atomic E-state index is 0.0773. The lowest BCUT2D eigenvalue weighted by Crippen LogP contribution is -2.32. The second kappa shape index (κ2) is 11.6. The third-order valence-electron chi connectivity index (χ3n) is 6.23. The van der Waals surface area contributed by atoms with Crippen LogP contribution in [-0.2, 0) is 4.79 Å². The molecule has 3 aromatic carbocycles. The predicted octanol–water partition coefficient (Wildman–Crippen LogP) is 4.39. The molecule has 0 fully saturated rings. The van der Waals surface area contributed by atoms with Gasteiger partial charge in [-0.2, -0.15) is 5.10 Å². The molecule has 0 aliphatic carbocycles. The number of halogens is 1. The van der Waals surface area contributed by atoms with Crippen LogP contribution in [0.3, 0.4) is 0 Å². The summed E-state index contributed by atoms with van der Waals surface area (Å²) in [5.74, 6) is 1.28. The molecule has 192 valence electrons. The summed E-state index contributed by atoms with van der Waals surface area (Å²) in [6, 6.07) is 19.5. The SMILES string of the molecule is O=C1CCC(c2ccc(OCCCNC[C@H](O)COc3cccc4[nH]c5ccccc5c34)c(Cl)c2)=NN1. The summed E-state index contributed by atoms with van der Waals surface area (Å²) in [7, 11) is 0. The Kier molecular flexibility index (Phi) is 7.89. The molecule has 0 spiro atoms. The molecule has 2 heterocycles. The monoisotopic (exact) mass is 520 g/mol. The molecule has 0 saturated carbocycles. The van der Waals surface area contributed by atoms with Gasteiger partial charge in [0.25, 0.3) is 0 Å². The van der Waals surface area contributed by atoms with Gasteiger partial charge in [0, 0.05) is 35.7 Å². The van der Waals surface area contributed by atoms with Gasteiger partial charge in [-0.1, -0.05) is 35.9 Å². The van der Waals surface area contributed by atoms with Crippen molar-refractivity contribution in [3.63, 3.8) is 0 Å². The van der Waals surface area contributed by atoms with Crippen LogP contribution in [0.5, 0.6) is 11.5 Å². The van der Waals surface area contributed by atoms with Crippen molar-refractivity contribution in [3.05, 3.63) is 71.2 Å². The Labute approximate surface area is 219 Å². The molecule has 4 N–H and O–H groups in total. The average molecular weight is 521 g/mol. The molecule has 5 rings (SSSR count). The molecular formula is C28H29ClN4O4. The van der Waals surface area contributed by atoms with Crippen LogP contribution < -0.4 is 20.2 Å². The van der Waals surface area contributed by atoms with E-state index in [1.807, 2.05) is 48.5 Å². The molecule has 4 aromatic rings. The smallest absolute Gasteiger partial charge is 0.240 e. The number of hydrogen-bond donors (Lipinski definition) is 4. The highest BCUT2D eigenvalue weighted by molar-refractivity contribution is 6.32. The predicted molar refractivity (Wildman–Crippen MR) is 146 cm³/mol. The number of ether oxygens (including phenoxy) is 2. The van der Waals surface area contributed by atoms with Gasteiger partial charge in [0.15, 0.2) is 0 Å². The molecule has 9 heteroatoms. The normalized spacial score (nSPS) is 14.4. The number of rotatable bonds is 11. The third kappa shape index (κ3) is 6.05. The van der Waals surface area contributed by atoms with E-state index < -0.39 is 6.10 Å². The molecule has 1 aromatic heterocycles. The van der Waals surface area contributed by atoms with E-state index in [-0.39, 0.29) is 12.5 Å². The van der Waals surface area contributed by atoms with Gasteiger partial charge in [0.1, 0.15) is 24.2 Å². The van der Waals surface area contributed by atoms with Crippen LogP contribution in [0.2, 0.25) is 5.02 Å². The lowest BCUT2D eigenvalue weighted by atomic mass is 10.0. The van der Waals surface area contributed by atoms with Crippen molar-refractivity contribution in [3.8, 4) is 11.5 Å². The number of H-pyrrole nitrogens is 1. The highest BCUT2D eigenvalue weighted by Gasteiger charge is 2.15. The maximum Gasteiger partial charge on any atom is 0.240 e. The van der Waals surface area contributed by atoms with E-state index in [1.165, 1.54) is 0 Å². The van der Waals surface area contributed by atoms with Crippen molar-refractivity contribution in [2.45, 2.75) is 25.4 Å². The first-order chi connectivity index (χ1) is 18.1. The van der Waals surface area contributed by atoms with Crippen LogP contribution in [0, 0.1) is 0 Å². The summed E-state index contributed by atoms with van der Waals surface area (Å²) in [4.78, 5) is 14.7. The zero-order valence-electron chi connectivity index (χ0n) is 20.3. The number of nitrogens with zero attached hydrogens (tertiary/aromatic N) is 1. The minimum atomic E-state index is -0.643. The molecule has 37 heavy (non-hydrogen) atoms. The summed E-state index contributed by atoms with van der Waals surface area (Å²) in [5, 5.41) is 20.4. The molecule has 1 aliphatic heterocycles. The first kappa shape index (κ1) is 25.1. The Hall–Kier alpha value is -3.59. The second-order valence-corrected chi connectivity index (χ2v) is 9.37. The molecule has 0 bridgehead atoms. The van der Waals surface area contributed by atoms with Gasteiger partial charge in [0.2, 0.25) is 5.91 Å². The fourth-order valence-electron chi connectivity index (χ4n) is 4.36. The summed E-state index contributed by atoms with van der Waals surface area (Å²) in [5.41, 5.74) is 6.24. The van der Waals surface area contributed by atoms with Crippen molar-refractivity contribution < 1.29 is 19.4 Å². The van der Waals surface area contributed by atoms with E-state index in [1.54, 1.807) is 6.07 Å². The largest absolute Gasteiger partial charge is 0.492 e. The molecule has 0 radical (unpaired) electrons. The van der Waals surface area contributed by atoms with Crippen LogP contribution >= 0.6 is 11.6 Å². The number of carbonyl (C=O) groups excluding carboxylic acids is 1. The van der Waals surface area contributed by atoms with Crippen LogP contribution in [0.15, 0.2) is 65.8 Å². The molecule has 1 atom stereocenters. The van der Waals surface area contributed by atoms with E-state index in [9.17, 15) is 9.90 Å². The Morgan fingerprint density at radius 3 is 2.73 bits per heavy atom. The number of benzene rings is 3. The van der Waals surface area contributed by atoms with Crippen molar-refractivity contribution in [1.29, 1.82) is 0 Å². The van der Waals surface area contributed by atoms with Crippen molar-refractivity contribution in [2.75, 3.05) is 26.3 Å². The first-order valence-electron chi connectivity index (χ1n) is 12.4. The Balaban J connectivity index is 1.03. The van der Waals surface area contributed by atoms with Crippen molar-refractivity contribution in [1.82, 2.24) is 15.7 Å². The molecule has 1 aliphatic rings. The summed E-state index contributed by atoms with van der Waals surface area (Å²) < 4.78 is 11.8. The van der Waals surface area contributed by atoms with Crippen molar-refractivity contribution >= 4 is 45.0 Å². The van der Waals surface area contributed by atoms with Gasteiger partial charge < -0.3 is 24.9 Å². The number of aliphatic hydroxyl groups is 1. The molecule has 1 amide bonds. The summed E-state index contributed by atoms with van der Waals surface area (Å²) >= 11 is 6.37. The van der Waals surface area contributed by atoms with E-state index >= 15 is 0 Å². The Morgan fingerprint density at radius 1 is 1.03 bits per heavy atom. The minimum Gasteiger partial charge on any atom is -0.492 e. The van der Waals surface area contributed by atoms with Crippen molar-refractivity contribution in [2.24, 2.45) is 5.10 Å². The van der Waals surface area contributed by atoms with Gasteiger partial charge in [-0.25, -0.2) is 5.43 Å². The highest BCUT2D eigenvalue weighted by Crippen LogP contribution is 2.33. The lowest BCUT2D eigenvalue weighted by molar-refractivity contribution is -0.121. The third-order valence-corrected chi connectivity index (χ3v) is 6.52. The number of fused-ring (bicyclic) bond motifs is 3. The van der Waals surface area contributed by atoms with Crippen LogP contribution in [0.1, 0.15) is 24.8 Å². The van der Waals surface area contributed by atoms with E-state index in [0.29, 0.717) is 43.3 Å². The van der Waals surface area contributed by atoms with E-state index in [2.05, 4.69) is 26.9 Å². The highest BCUT2D eigenvalue weighted by atomic mass is 35.5. The van der Waals surface area contributed by atoms with Gasteiger partial charge in [-0.15, -0.1) is 0 Å². The van der Waals surface area contributed by atoms with Gasteiger partial charge in [-0.3, -0.25) is 4.79 Å². The number of nitrogens with one attached hydrogen (secondary N) is 3. The topological polar surface area (TPSA) is 108 Å². The fraction of sp³-hybridized carbons (Fsp3) is 0.286. The Morgan fingerprint density at radius 2 is 1.89 bits per heavy atom. The zero-order valence-corrected chi connectivity index (χ0v) is 21.1. The summed E-state index contributed by atoms with van der Waals surface area (Å²) in [6.45, 7) is 1.77. The number of hydrogen-bond acceptors (Lipinski definition) is 6. The number of aromatic nitrogens is 1. The number of para-hydroxylation sites is 1. The standard InChI is InChI=1S/C28H29ClN4O4/c29-21-15-18(22-10-12-27(35)33-32-22)9-11-25(21)36-14-4-13-30-16-19(34)17-37-26-8-3-7-24-28(26)20-5-1-2-6-23(20)31-24/h1-3,5-9,11,15,19,30-31,34H,4,10,12-14,16-17H2,(H,33,35)/t19-/m0/s1. The number of hydrazone groups is 1. The van der Waals surface area contributed by atoms with Crippen LogP contribution in [0.4, 0.5) is 0 Å². The first-order valence-corrected chi connectivity index (χ1v) is 12.8. The number of aliphatic hydroxyl groups excluding tert-OH is 1. The maximum atomic E-state index is 11.3. The number of carbonyl (C=O) groups is 1. The quantitative estimate of drug-likeness (QED) is 0.219. The summed E-state index contributed by atoms with van der Waals surface area (Å²) in [6.07, 6.45) is 1.11. The second-order valence-electron chi connectivity index (χ2n) is 8.96. The fourth-order valence-corrected chi connectivity index (χ4v) is 4.60. The number of amides is 1. The van der Waals surface area contributed by atoms with Gasteiger partial charge in [-0.05, 0) is 54.9 Å². The van der Waals surface area contributed by atoms with E-state index in [0.717, 1.165) is 45.3 Å². The Bertz CT molecular complexity index is 1430. The number of aromatic amines is 1. The van der Waals surface area contributed by atoms with Crippen LogP contribution in [0.25, 0.3) is 21.8 Å². The van der Waals surface area contributed by atoms with Gasteiger partial charge >= 0.3 is 0 Å². The van der Waals surface area contributed by atoms with E-state index in [4.69, 9.17) is 21.1 Å². The molecule has 0 saturated heterocycles. The average Bonchev–Trinajstić information content (AvgIpc) is 3.30. The molecule has 0 unspecified atom stereocenters.